The van der Waals surface area contributed by atoms with Gasteiger partial charge in [-0.3, -0.25) is 9.59 Å². The molecule has 0 aromatic rings. The molecular weight excluding hydrogens is 366 g/mol. The van der Waals surface area contributed by atoms with Crippen molar-refractivity contribution in [3.63, 3.8) is 0 Å². The topological polar surface area (TPSA) is 34.1 Å². The van der Waals surface area contributed by atoms with E-state index in [0.29, 0.717) is 0 Å². The van der Waals surface area contributed by atoms with Crippen LogP contribution in [0.15, 0.2) is 0 Å². The minimum absolute atomic E-state index is 0.0274. The first kappa shape index (κ1) is 14.8. The van der Waals surface area contributed by atoms with Gasteiger partial charge in [0.05, 0.1) is 0 Å². The number of Topliss-reactive ketones (excluding diaryl/α,β-unsaturated/α-hetero) is 2. The molecule has 5 aliphatic rings. The fourth-order valence-electron chi connectivity index (χ4n) is 6.58. The standard InChI is InChI=1S/C16H16Cl4O2/c17-13-7-3-1-4-8(7)14(13,18)12(22)16(20)10-6-2-5-9(10)15(16,19)11(13)21/h7-10H,1-6H2/t7-,8+,9+,10-,13-,14+,15-,16+. The van der Waals surface area contributed by atoms with Crippen LogP contribution in [0.2, 0.25) is 0 Å². The van der Waals surface area contributed by atoms with Gasteiger partial charge in [-0.15, -0.1) is 46.4 Å². The molecule has 5 rings (SSSR count). The summed E-state index contributed by atoms with van der Waals surface area (Å²) in [7, 11) is 0. The summed E-state index contributed by atoms with van der Waals surface area (Å²) in [4.78, 5) is 21.3. The van der Waals surface area contributed by atoms with Gasteiger partial charge in [0.1, 0.15) is 19.5 Å². The molecule has 0 saturated heterocycles. The highest BCUT2D eigenvalue weighted by Crippen LogP contribution is 2.79. The lowest BCUT2D eigenvalue weighted by atomic mass is 9.39. The first-order valence-electron chi connectivity index (χ1n) is 8.12. The van der Waals surface area contributed by atoms with Crippen LogP contribution in [0.3, 0.4) is 0 Å². The van der Waals surface area contributed by atoms with Crippen molar-refractivity contribution in [3.8, 4) is 0 Å². The second kappa shape index (κ2) is 3.84. The molecule has 22 heavy (non-hydrogen) atoms. The first-order valence-corrected chi connectivity index (χ1v) is 9.63. The SMILES string of the molecule is O=C1[C@@]2(Cl)[C@H]3CCC[C@H]3[C@@]2(Cl)C(=O)[C@]2(Cl)[C@H]3CCC[C@H]3[C@]12Cl. The average Bonchev–Trinajstić information content (AvgIpc) is 3.16. The average molecular weight is 382 g/mol. The summed E-state index contributed by atoms with van der Waals surface area (Å²) in [5.74, 6) is -0.639. The van der Waals surface area contributed by atoms with Crippen LogP contribution in [-0.2, 0) is 9.59 Å². The highest BCUT2D eigenvalue weighted by Gasteiger charge is 2.93. The van der Waals surface area contributed by atoms with Crippen molar-refractivity contribution in [1.82, 2.24) is 0 Å². The molecule has 5 saturated carbocycles. The smallest absolute Gasteiger partial charge is 0.179 e. The van der Waals surface area contributed by atoms with Crippen LogP contribution in [0.5, 0.6) is 0 Å². The van der Waals surface area contributed by atoms with E-state index < -0.39 is 19.5 Å². The number of fused-ring (bicyclic) bond motifs is 8. The third-order valence-electron chi connectivity index (χ3n) is 7.46. The molecule has 0 spiro atoms. The lowest BCUT2D eigenvalue weighted by Gasteiger charge is -2.73. The second-order valence-electron chi connectivity index (χ2n) is 7.79. The van der Waals surface area contributed by atoms with Crippen LogP contribution in [-0.4, -0.2) is 31.1 Å². The summed E-state index contributed by atoms with van der Waals surface area (Å²) in [5.41, 5.74) is 0. The van der Waals surface area contributed by atoms with E-state index in [-0.39, 0.29) is 35.2 Å². The van der Waals surface area contributed by atoms with Crippen molar-refractivity contribution in [3.05, 3.63) is 0 Å². The zero-order chi connectivity index (χ0) is 15.7. The van der Waals surface area contributed by atoms with Crippen molar-refractivity contribution in [1.29, 1.82) is 0 Å². The van der Waals surface area contributed by atoms with E-state index >= 15 is 0 Å². The quantitative estimate of drug-likeness (QED) is 0.596. The lowest BCUT2D eigenvalue weighted by Crippen LogP contribution is -2.92. The van der Waals surface area contributed by atoms with E-state index in [1.165, 1.54) is 0 Å². The number of halogens is 4. The maximum atomic E-state index is 13.3. The molecule has 5 fully saturated rings. The highest BCUT2D eigenvalue weighted by molar-refractivity contribution is 6.65. The fourth-order valence-corrected chi connectivity index (χ4v) is 9.22. The van der Waals surface area contributed by atoms with Crippen molar-refractivity contribution >= 4 is 58.0 Å². The van der Waals surface area contributed by atoms with Gasteiger partial charge in [-0.05, 0) is 49.4 Å². The van der Waals surface area contributed by atoms with E-state index in [4.69, 9.17) is 46.4 Å². The van der Waals surface area contributed by atoms with Crippen molar-refractivity contribution in [2.75, 3.05) is 0 Å². The Morgan fingerprint density at radius 3 is 1.05 bits per heavy atom. The predicted octanol–water partition coefficient (Wildman–Crippen LogP) is 3.91. The third-order valence-corrected chi connectivity index (χ3v) is 10.6. The fraction of sp³-hybridized carbons (Fsp3) is 0.875. The molecule has 0 aromatic heterocycles. The van der Waals surface area contributed by atoms with E-state index in [1.807, 2.05) is 0 Å². The molecule has 0 heterocycles. The predicted molar refractivity (Wildman–Crippen MR) is 86.0 cm³/mol. The minimum atomic E-state index is -1.35. The van der Waals surface area contributed by atoms with Crippen LogP contribution >= 0.6 is 46.4 Å². The number of hydrogen-bond donors (Lipinski definition) is 0. The summed E-state index contributed by atoms with van der Waals surface area (Å²) < 4.78 is 0. The molecule has 5 aliphatic carbocycles. The Hall–Kier alpha value is 0.500. The Labute approximate surface area is 149 Å². The maximum absolute atomic E-state index is 13.3. The van der Waals surface area contributed by atoms with Gasteiger partial charge in [-0.2, -0.15) is 0 Å². The van der Waals surface area contributed by atoms with E-state index in [0.717, 1.165) is 38.5 Å². The van der Waals surface area contributed by atoms with Crippen LogP contribution in [0.1, 0.15) is 38.5 Å². The second-order valence-corrected chi connectivity index (χ2v) is 10.2. The van der Waals surface area contributed by atoms with Gasteiger partial charge in [-0.25, -0.2) is 0 Å². The van der Waals surface area contributed by atoms with Crippen LogP contribution in [0, 0.1) is 23.7 Å². The molecule has 0 amide bonds. The highest BCUT2D eigenvalue weighted by atomic mass is 35.5. The molecule has 0 aromatic carbocycles. The number of ketones is 2. The zero-order valence-corrected chi connectivity index (χ0v) is 14.9. The van der Waals surface area contributed by atoms with E-state index in [9.17, 15) is 9.59 Å². The monoisotopic (exact) mass is 380 g/mol. The zero-order valence-electron chi connectivity index (χ0n) is 11.9. The first-order chi connectivity index (χ1) is 10.3. The normalized spacial score (nSPS) is 65.1. The molecule has 0 radical (unpaired) electrons. The summed E-state index contributed by atoms with van der Waals surface area (Å²) in [5, 5.41) is 0. The molecule has 120 valence electrons. The summed E-state index contributed by atoms with van der Waals surface area (Å²) in [6, 6.07) is 0. The van der Waals surface area contributed by atoms with E-state index in [1.54, 1.807) is 0 Å². The summed E-state index contributed by atoms with van der Waals surface area (Å²) in [6.07, 6.45) is 5.29. The molecule has 0 bridgehead atoms. The summed E-state index contributed by atoms with van der Waals surface area (Å²) >= 11 is 27.2. The largest absolute Gasteiger partial charge is 0.296 e. The molecule has 0 unspecified atom stereocenters. The molecule has 2 nitrogen and oxygen atoms in total. The Morgan fingerprint density at radius 1 is 0.591 bits per heavy atom. The van der Waals surface area contributed by atoms with Crippen molar-refractivity contribution in [2.24, 2.45) is 23.7 Å². The molecule has 6 heteroatoms. The number of rotatable bonds is 0. The Morgan fingerprint density at radius 2 is 0.818 bits per heavy atom. The maximum Gasteiger partial charge on any atom is 0.179 e. The Kier molecular flexibility index (Phi) is 2.59. The molecule has 8 atom stereocenters. The Bertz CT molecular complexity index is 536. The van der Waals surface area contributed by atoms with Gasteiger partial charge in [0.15, 0.2) is 11.6 Å². The van der Waals surface area contributed by atoms with Gasteiger partial charge in [0, 0.05) is 0 Å². The number of carbonyl (C=O) groups is 2. The molecule has 0 aliphatic heterocycles. The van der Waals surface area contributed by atoms with Crippen LogP contribution < -0.4 is 0 Å². The number of hydrogen-bond acceptors (Lipinski definition) is 2. The molecular formula is C16H16Cl4O2. The van der Waals surface area contributed by atoms with E-state index in [2.05, 4.69) is 0 Å². The lowest BCUT2D eigenvalue weighted by molar-refractivity contribution is -0.167. The van der Waals surface area contributed by atoms with Crippen molar-refractivity contribution < 1.29 is 9.59 Å². The number of alkyl halides is 4. The van der Waals surface area contributed by atoms with Gasteiger partial charge in [0.25, 0.3) is 0 Å². The van der Waals surface area contributed by atoms with Gasteiger partial charge < -0.3 is 0 Å². The Balaban J connectivity index is 1.73. The van der Waals surface area contributed by atoms with Gasteiger partial charge >= 0.3 is 0 Å². The number of carbonyl (C=O) groups excluding carboxylic acids is 2. The minimum Gasteiger partial charge on any atom is -0.296 e. The molecule has 0 N–H and O–H groups in total. The van der Waals surface area contributed by atoms with Gasteiger partial charge in [-0.1, -0.05) is 12.8 Å². The van der Waals surface area contributed by atoms with Crippen molar-refractivity contribution in [2.45, 2.75) is 58.0 Å². The van der Waals surface area contributed by atoms with Gasteiger partial charge in [0.2, 0.25) is 0 Å². The summed E-state index contributed by atoms with van der Waals surface area (Å²) in [6.45, 7) is 0. The van der Waals surface area contributed by atoms with Crippen LogP contribution in [0.25, 0.3) is 0 Å². The van der Waals surface area contributed by atoms with Crippen LogP contribution in [0.4, 0.5) is 0 Å². The third kappa shape index (κ3) is 1.04.